The predicted octanol–water partition coefficient (Wildman–Crippen LogP) is 9.53. The van der Waals surface area contributed by atoms with Crippen molar-refractivity contribution in [1.82, 2.24) is 9.13 Å². The monoisotopic (exact) mass is 532 g/mol. The second-order valence-electron chi connectivity index (χ2n) is 13.1. The Morgan fingerprint density at radius 2 is 0.744 bits per heavy atom. The molecule has 4 aromatic rings. The summed E-state index contributed by atoms with van der Waals surface area (Å²) in [5.41, 5.74) is 5.58. The summed E-state index contributed by atoms with van der Waals surface area (Å²) in [6.45, 7) is 16.9. The van der Waals surface area contributed by atoms with Crippen molar-refractivity contribution in [2.75, 3.05) is 0 Å². The van der Waals surface area contributed by atoms with Crippen LogP contribution in [0.3, 0.4) is 0 Å². The lowest BCUT2D eigenvalue weighted by atomic mass is 9.92. The molecule has 4 aromatic carbocycles. The summed E-state index contributed by atoms with van der Waals surface area (Å²) < 4.78 is 6.00. The van der Waals surface area contributed by atoms with Crippen molar-refractivity contribution < 1.29 is 0 Å². The molecule has 1 aliphatic heterocycles. The van der Waals surface area contributed by atoms with E-state index in [0.29, 0.717) is 0 Å². The van der Waals surface area contributed by atoms with Gasteiger partial charge in [0.2, 0.25) is 8.40 Å². The Balaban J connectivity index is 1.84. The van der Waals surface area contributed by atoms with Gasteiger partial charge in [-0.25, -0.2) is 0 Å². The molecule has 0 aromatic heterocycles. The molecule has 0 radical (unpaired) electrons. The molecule has 0 spiro atoms. The van der Waals surface area contributed by atoms with Crippen LogP contribution >= 0.6 is 0 Å². The summed E-state index contributed by atoms with van der Waals surface area (Å²) in [6.07, 6.45) is 0. The van der Waals surface area contributed by atoms with Gasteiger partial charge < -0.3 is 0 Å². The average molecular weight is 533 g/mol. The van der Waals surface area contributed by atoms with Gasteiger partial charge in [-0.05, 0) is 32.3 Å². The Morgan fingerprint density at radius 3 is 1.03 bits per heavy atom. The third-order valence-electron chi connectivity index (χ3n) is 8.57. The fourth-order valence-corrected chi connectivity index (χ4v) is 16.0. The van der Waals surface area contributed by atoms with Gasteiger partial charge >= 0.3 is 0 Å². The zero-order chi connectivity index (χ0) is 27.7. The summed E-state index contributed by atoms with van der Waals surface area (Å²) in [7, 11) is -2.49. The molecular formula is C36H44N2Si. The fraction of sp³-hybridized carbons (Fsp3) is 0.333. The Kier molecular flexibility index (Phi) is 7.70. The zero-order valence-corrected chi connectivity index (χ0v) is 25.5. The lowest BCUT2D eigenvalue weighted by Gasteiger charge is -2.58. The average Bonchev–Trinajstić information content (AvgIpc) is 3.21. The Bertz CT molecular complexity index is 1220. The van der Waals surface area contributed by atoms with Crippen LogP contribution in [0.25, 0.3) is 0 Å². The molecule has 0 aliphatic carbocycles. The lowest BCUT2D eigenvalue weighted by Crippen LogP contribution is -2.69. The van der Waals surface area contributed by atoms with Crippen molar-refractivity contribution in [3.05, 3.63) is 144 Å². The van der Waals surface area contributed by atoms with Crippen molar-refractivity contribution in [2.24, 2.45) is 0 Å². The highest BCUT2D eigenvalue weighted by molar-refractivity contribution is 6.80. The second kappa shape index (κ2) is 10.9. The highest BCUT2D eigenvalue weighted by Crippen LogP contribution is 2.65. The van der Waals surface area contributed by atoms with E-state index < -0.39 is 8.40 Å². The molecule has 1 heterocycles. The van der Waals surface area contributed by atoms with Crippen LogP contribution in [0, 0.1) is 0 Å². The van der Waals surface area contributed by atoms with E-state index in [4.69, 9.17) is 0 Å². The standard InChI is InChI=1S/C36H44N2Si/c1-35(2,3)39(36(4,5)6)37(27-29-19-11-7-12-20-29)33(31-23-15-9-16-24-31)34(32-25-17-10-18-26-32)38(39)28-30-21-13-8-14-22-30/h7-26,33-34H,27-28H2,1-6H3/t33-,34-/m1/s1. The quantitative estimate of drug-likeness (QED) is 0.228. The molecule has 0 bridgehead atoms. The number of rotatable bonds is 6. The molecule has 0 saturated carbocycles. The summed E-state index contributed by atoms with van der Waals surface area (Å²) in [5, 5.41) is 0.150. The first-order chi connectivity index (χ1) is 18.6. The molecule has 2 atom stereocenters. The minimum Gasteiger partial charge on any atom is -0.298 e. The molecule has 1 aliphatic rings. The Hall–Kier alpha value is -2.98. The summed E-state index contributed by atoms with van der Waals surface area (Å²) >= 11 is 0. The van der Waals surface area contributed by atoms with Gasteiger partial charge in [0.1, 0.15) is 0 Å². The van der Waals surface area contributed by atoms with Crippen LogP contribution in [0.15, 0.2) is 121 Å². The van der Waals surface area contributed by atoms with Crippen LogP contribution in [-0.2, 0) is 13.1 Å². The molecule has 3 heteroatoms. The molecule has 0 amide bonds. The highest BCUT2D eigenvalue weighted by Gasteiger charge is 2.69. The summed E-state index contributed by atoms with van der Waals surface area (Å²) in [4.78, 5) is 0. The molecule has 1 fully saturated rings. The molecule has 0 unspecified atom stereocenters. The molecule has 5 rings (SSSR count). The van der Waals surface area contributed by atoms with Crippen LogP contribution < -0.4 is 0 Å². The maximum Gasteiger partial charge on any atom is 0.219 e. The minimum atomic E-state index is -2.49. The van der Waals surface area contributed by atoms with Gasteiger partial charge in [0, 0.05) is 25.2 Å². The maximum absolute atomic E-state index is 3.00. The fourth-order valence-electron chi connectivity index (χ4n) is 7.77. The minimum absolute atomic E-state index is 0.0748. The number of nitrogens with zero attached hydrogens (tertiary/aromatic N) is 2. The van der Waals surface area contributed by atoms with Crippen LogP contribution in [0.4, 0.5) is 0 Å². The molecule has 1 saturated heterocycles. The molecule has 39 heavy (non-hydrogen) atoms. The van der Waals surface area contributed by atoms with Crippen molar-refractivity contribution >= 4 is 8.40 Å². The van der Waals surface area contributed by atoms with E-state index in [1.807, 2.05) is 0 Å². The van der Waals surface area contributed by atoms with Crippen LogP contribution in [0.2, 0.25) is 10.1 Å². The van der Waals surface area contributed by atoms with Crippen molar-refractivity contribution in [2.45, 2.75) is 76.8 Å². The van der Waals surface area contributed by atoms with E-state index in [1.54, 1.807) is 0 Å². The van der Waals surface area contributed by atoms with Gasteiger partial charge in [0.05, 0.1) is 0 Å². The van der Waals surface area contributed by atoms with Gasteiger partial charge in [-0.3, -0.25) is 9.13 Å². The summed E-state index contributed by atoms with van der Waals surface area (Å²) in [6, 6.07) is 45.3. The summed E-state index contributed by atoms with van der Waals surface area (Å²) in [5.74, 6) is 0. The maximum atomic E-state index is 3.00. The molecule has 2 nitrogen and oxygen atoms in total. The molecule has 0 N–H and O–H groups in total. The van der Waals surface area contributed by atoms with E-state index in [2.05, 4.69) is 172 Å². The zero-order valence-electron chi connectivity index (χ0n) is 24.5. The third-order valence-corrected chi connectivity index (χ3v) is 15.3. The van der Waals surface area contributed by atoms with Crippen LogP contribution in [0.1, 0.15) is 75.9 Å². The van der Waals surface area contributed by atoms with Crippen molar-refractivity contribution in [3.8, 4) is 0 Å². The smallest absolute Gasteiger partial charge is 0.219 e. The predicted molar refractivity (Wildman–Crippen MR) is 168 cm³/mol. The highest BCUT2D eigenvalue weighted by atomic mass is 28.4. The molecular weight excluding hydrogens is 488 g/mol. The van der Waals surface area contributed by atoms with Crippen molar-refractivity contribution in [1.29, 1.82) is 0 Å². The topological polar surface area (TPSA) is 6.48 Å². The molecule has 202 valence electrons. The first-order valence-corrected chi connectivity index (χ1v) is 16.3. The lowest BCUT2D eigenvalue weighted by molar-refractivity contribution is 0.263. The second-order valence-corrected chi connectivity index (χ2v) is 18.6. The van der Waals surface area contributed by atoms with Gasteiger partial charge in [-0.15, -0.1) is 0 Å². The van der Waals surface area contributed by atoms with Gasteiger partial charge in [-0.1, -0.05) is 163 Å². The number of hydrogen-bond acceptors (Lipinski definition) is 2. The van der Waals surface area contributed by atoms with Crippen LogP contribution in [-0.4, -0.2) is 17.5 Å². The normalized spacial score (nSPS) is 20.3. The van der Waals surface area contributed by atoms with E-state index in [-0.39, 0.29) is 22.2 Å². The SMILES string of the molecule is CC(C)(C)[Si]1(C(C)(C)C)N(Cc2ccccc2)[C@H](c2ccccc2)[C@@H](c2ccccc2)N1Cc1ccccc1. The van der Waals surface area contributed by atoms with Crippen LogP contribution in [0.5, 0.6) is 0 Å². The van der Waals surface area contributed by atoms with E-state index in [9.17, 15) is 0 Å². The Morgan fingerprint density at radius 1 is 0.462 bits per heavy atom. The Labute approximate surface area is 237 Å². The van der Waals surface area contributed by atoms with E-state index in [0.717, 1.165) is 13.1 Å². The van der Waals surface area contributed by atoms with Gasteiger partial charge in [0.15, 0.2) is 0 Å². The number of hydrogen-bond donors (Lipinski definition) is 0. The van der Waals surface area contributed by atoms with Gasteiger partial charge in [0.25, 0.3) is 0 Å². The van der Waals surface area contributed by atoms with Crippen molar-refractivity contribution in [3.63, 3.8) is 0 Å². The largest absolute Gasteiger partial charge is 0.298 e. The van der Waals surface area contributed by atoms with Gasteiger partial charge in [-0.2, -0.15) is 0 Å². The third kappa shape index (κ3) is 5.04. The number of benzene rings is 4. The van der Waals surface area contributed by atoms with E-state index in [1.165, 1.54) is 22.3 Å². The first-order valence-electron chi connectivity index (χ1n) is 14.4. The first kappa shape index (κ1) is 27.6. The van der Waals surface area contributed by atoms with E-state index >= 15 is 0 Å².